The molecule has 1 aliphatic rings. The van der Waals surface area contributed by atoms with Crippen LogP contribution in [0.4, 0.5) is 34.1 Å². The largest absolute Gasteiger partial charge is 0.310 e. The predicted molar refractivity (Wildman–Crippen MR) is 261 cm³/mol. The highest BCUT2D eigenvalue weighted by molar-refractivity contribution is 6.25. The van der Waals surface area contributed by atoms with Gasteiger partial charge in [-0.2, -0.15) is 0 Å². The number of nitrogens with zero attached hydrogens (tertiary/aromatic N) is 2. The summed E-state index contributed by atoms with van der Waals surface area (Å²) in [6, 6.07) is 80.5. The fourth-order valence-electron chi connectivity index (χ4n) is 10.2. The Bertz CT molecular complexity index is 3510. The quantitative estimate of drug-likeness (QED) is 0.155. The van der Waals surface area contributed by atoms with Gasteiger partial charge in [0.25, 0.3) is 0 Å². The molecule has 61 heavy (non-hydrogen) atoms. The van der Waals surface area contributed by atoms with E-state index in [0.717, 1.165) is 28.4 Å². The Balaban J connectivity index is 1.09. The Kier molecular flexibility index (Phi) is 7.92. The Hall–Kier alpha value is -7.68. The Labute approximate surface area is 356 Å². The summed E-state index contributed by atoms with van der Waals surface area (Å²) in [5, 5.41) is 12.5. The average Bonchev–Trinajstić information content (AvgIpc) is 3.31. The summed E-state index contributed by atoms with van der Waals surface area (Å²) >= 11 is 0. The van der Waals surface area contributed by atoms with Crippen LogP contribution in [0.3, 0.4) is 0 Å². The van der Waals surface area contributed by atoms with Crippen molar-refractivity contribution in [2.24, 2.45) is 0 Å². The molecule has 12 rings (SSSR count). The predicted octanol–water partition coefficient (Wildman–Crippen LogP) is 16.7. The molecule has 0 atom stereocenters. The van der Waals surface area contributed by atoms with Gasteiger partial charge in [0, 0.05) is 39.2 Å². The van der Waals surface area contributed by atoms with Crippen LogP contribution < -0.4 is 9.80 Å². The van der Waals surface area contributed by atoms with Gasteiger partial charge < -0.3 is 9.80 Å². The Morgan fingerprint density at radius 3 is 1.48 bits per heavy atom. The minimum absolute atomic E-state index is 0.266. The second-order valence-electron chi connectivity index (χ2n) is 16.9. The maximum Gasteiger partial charge on any atom is 0.0546 e. The summed E-state index contributed by atoms with van der Waals surface area (Å²) in [5.74, 6) is 0. The van der Waals surface area contributed by atoms with E-state index in [1.807, 2.05) is 0 Å². The number of benzene rings is 11. The van der Waals surface area contributed by atoms with Crippen LogP contribution in [0.1, 0.15) is 25.0 Å². The van der Waals surface area contributed by atoms with Gasteiger partial charge in [0.05, 0.1) is 5.69 Å². The first-order valence-electron chi connectivity index (χ1n) is 21.3. The molecule has 0 heterocycles. The first-order valence-corrected chi connectivity index (χ1v) is 21.3. The standard InChI is InChI=1S/C59H42N2/c1-59(2)55-27-15-26-51-53-38-57(61(44-22-7-4-8-23-44)46-31-29-40-17-10-12-19-42(40)35-46)50-25-14-13-24-48(50)52(53)37-54(58(51)55)49-33-32-47(36-56(49)59)60(43-20-5-3-6-21-43)45-30-28-39-16-9-11-18-41(39)34-45/h3-38H,1-2H3. The van der Waals surface area contributed by atoms with Crippen molar-refractivity contribution < 1.29 is 0 Å². The first kappa shape index (κ1) is 35.3. The van der Waals surface area contributed by atoms with Crippen LogP contribution in [-0.4, -0.2) is 0 Å². The molecule has 0 radical (unpaired) electrons. The van der Waals surface area contributed by atoms with Crippen LogP contribution in [0, 0.1) is 0 Å². The normalized spacial score (nSPS) is 12.9. The number of rotatable bonds is 6. The number of hydrogen-bond donors (Lipinski definition) is 0. The maximum atomic E-state index is 2.49. The lowest BCUT2D eigenvalue weighted by molar-refractivity contribution is 0.645. The van der Waals surface area contributed by atoms with E-state index in [-0.39, 0.29) is 5.41 Å². The summed E-state index contributed by atoms with van der Waals surface area (Å²) in [5.41, 5.74) is 11.9. The molecule has 0 fully saturated rings. The molecular weight excluding hydrogens is 737 g/mol. The SMILES string of the molecule is CC1(C)c2cc(N(c3ccccc3)c3ccc4ccccc4c3)ccc2-c2cc3c4ccccc4c(N(c4ccccc4)c4ccc5ccccc5c4)cc3c3cccc1c23. The number of anilines is 6. The molecule has 0 aliphatic heterocycles. The van der Waals surface area contributed by atoms with E-state index in [4.69, 9.17) is 0 Å². The van der Waals surface area contributed by atoms with E-state index < -0.39 is 0 Å². The van der Waals surface area contributed by atoms with Crippen molar-refractivity contribution in [1.82, 2.24) is 0 Å². The molecule has 2 heteroatoms. The molecule has 0 N–H and O–H groups in total. The van der Waals surface area contributed by atoms with Gasteiger partial charge in [0.1, 0.15) is 0 Å². The first-order chi connectivity index (χ1) is 30.0. The molecule has 1 aliphatic carbocycles. The zero-order valence-corrected chi connectivity index (χ0v) is 34.2. The van der Waals surface area contributed by atoms with E-state index in [9.17, 15) is 0 Å². The minimum Gasteiger partial charge on any atom is -0.310 e. The van der Waals surface area contributed by atoms with Gasteiger partial charge in [-0.15, -0.1) is 0 Å². The van der Waals surface area contributed by atoms with E-state index >= 15 is 0 Å². The smallest absolute Gasteiger partial charge is 0.0546 e. The maximum absolute atomic E-state index is 2.49. The topological polar surface area (TPSA) is 6.48 Å². The second kappa shape index (κ2) is 13.7. The van der Waals surface area contributed by atoms with Gasteiger partial charge in [0.15, 0.2) is 0 Å². The van der Waals surface area contributed by atoms with Gasteiger partial charge >= 0.3 is 0 Å². The third kappa shape index (κ3) is 5.56. The fraction of sp³-hybridized carbons (Fsp3) is 0.0508. The van der Waals surface area contributed by atoms with E-state index in [1.54, 1.807) is 0 Å². The zero-order valence-electron chi connectivity index (χ0n) is 34.2. The highest BCUT2D eigenvalue weighted by atomic mass is 15.1. The van der Waals surface area contributed by atoms with Crippen molar-refractivity contribution in [3.63, 3.8) is 0 Å². The van der Waals surface area contributed by atoms with Crippen LogP contribution in [-0.2, 0) is 5.41 Å². The summed E-state index contributed by atoms with van der Waals surface area (Å²) in [4.78, 5) is 4.85. The Morgan fingerprint density at radius 2 is 0.803 bits per heavy atom. The van der Waals surface area contributed by atoms with Crippen molar-refractivity contribution in [1.29, 1.82) is 0 Å². The lowest BCUT2D eigenvalue weighted by atomic mass is 9.68. The van der Waals surface area contributed by atoms with E-state index in [2.05, 4.69) is 242 Å². The van der Waals surface area contributed by atoms with Gasteiger partial charge in [-0.05, 0) is 144 Å². The summed E-state index contributed by atoms with van der Waals surface area (Å²) in [7, 11) is 0. The minimum atomic E-state index is -0.266. The average molecular weight is 779 g/mol. The van der Waals surface area contributed by atoms with E-state index in [0.29, 0.717) is 0 Å². The van der Waals surface area contributed by atoms with Crippen molar-refractivity contribution in [2.75, 3.05) is 9.80 Å². The highest BCUT2D eigenvalue weighted by Crippen LogP contribution is 2.53. The molecule has 0 saturated carbocycles. The number of hydrogen-bond acceptors (Lipinski definition) is 2. The van der Waals surface area contributed by atoms with Crippen LogP contribution in [0.2, 0.25) is 0 Å². The zero-order chi connectivity index (χ0) is 40.7. The molecule has 0 amide bonds. The third-order valence-electron chi connectivity index (χ3n) is 13.1. The third-order valence-corrected chi connectivity index (χ3v) is 13.1. The van der Waals surface area contributed by atoms with Gasteiger partial charge in [-0.1, -0.05) is 159 Å². The van der Waals surface area contributed by atoms with Gasteiger partial charge in [-0.3, -0.25) is 0 Å². The fourth-order valence-corrected chi connectivity index (χ4v) is 10.2. The van der Waals surface area contributed by atoms with Gasteiger partial charge in [0.2, 0.25) is 0 Å². The molecule has 2 nitrogen and oxygen atoms in total. The van der Waals surface area contributed by atoms with Gasteiger partial charge in [-0.25, -0.2) is 0 Å². The van der Waals surface area contributed by atoms with Crippen LogP contribution in [0.15, 0.2) is 218 Å². The van der Waals surface area contributed by atoms with E-state index in [1.165, 1.54) is 81.8 Å². The summed E-state index contributed by atoms with van der Waals surface area (Å²) in [6.07, 6.45) is 0. The number of fused-ring (bicyclic) bond motifs is 8. The molecule has 0 aromatic heterocycles. The highest BCUT2D eigenvalue weighted by Gasteiger charge is 2.35. The molecule has 288 valence electrons. The van der Waals surface area contributed by atoms with Crippen LogP contribution >= 0.6 is 0 Å². The second-order valence-corrected chi connectivity index (χ2v) is 16.9. The summed E-state index contributed by atoms with van der Waals surface area (Å²) < 4.78 is 0. The molecule has 0 unspecified atom stereocenters. The van der Waals surface area contributed by atoms with Crippen molar-refractivity contribution >= 4 is 88.0 Å². The lowest BCUT2D eigenvalue weighted by Gasteiger charge is -2.37. The Morgan fingerprint density at radius 1 is 0.295 bits per heavy atom. The van der Waals surface area contributed by atoms with Crippen LogP contribution in [0.25, 0.3) is 65.0 Å². The van der Waals surface area contributed by atoms with Crippen molar-refractivity contribution in [3.8, 4) is 11.1 Å². The van der Waals surface area contributed by atoms with Crippen molar-refractivity contribution in [2.45, 2.75) is 19.3 Å². The molecular formula is C59H42N2. The molecule has 11 aromatic carbocycles. The van der Waals surface area contributed by atoms with Crippen molar-refractivity contribution in [3.05, 3.63) is 230 Å². The lowest BCUT2D eigenvalue weighted by Crippen LogP contribution is -2.24. The molecule has 0 spiro atoms. The molecule has 0 saturated heterocycles. The summed E-state index contributed by atoms with van der Waals surface area (Å²) in [6.45, 7) is 4.81. The molecule has 0 bridgehead atoms. The monoisotopic (exact) mass is 778 g/mol. The molecule has 11 aromatic rings. The number of para-hydroxylation sites is 2. The van der Waals surface area contributed by atoms with Crippen LogP contribution in [0.5, 0.6) is 0 Å².